The molecule has 1 amide bonds. The van der Waals surface area contributed by atoms with Crippen molar-refractivity contribution in [3.05, 3.63) is 62.4 Å². The van der Waals surface area contributed by atoms with Gasteiger partial charge in [0.2, 0.25) is 0 Å². The molecule has 0 aliphatic heterocycles. The summed E-state index contributed by atoms with van der Waals surface area (Å²) < 4.78 is 7.29. The first-order valence-electron chi connectivity index (χ1n) is 6.62. The second-order valence-corrected chi connectivity index (χ2v) is 4.79. The fourth-order valence-corrected chi connectivity index (χ4v) is 2.08. The molecule has 1 N–H and O–H groups in total. The van der Waals surface area contributed by atoms with Crippen molar-refractivity contribution in [3.63, 3.8) is 0 Å². The van der Waals surface area contributed by atoms with Crippen molar-refractivity contribution in [2.24, 2.45) is 14.1 Å². The monoisotopic (exact) mass is 303 g/mol. The number of para-hydroxylation sites is 1. The van der Waals surface area contributed by atoms with Crippen LogP contribution in [0.3, 0.4) is 0 Å². The van der Waals surface area contributed by atoms with Crippen LogP contribution in [0.25, 0.3) is 0 Å². The van der Waals surface area contributed by atoms with Crippen molar-refractivity contribution in [2.45, 2.75) is 6.54 Å². The van der Waals surface area contributed by atoms with Gasteiger partial charge in [-0.05, 0) is 6.07 Å². The third-order valence-corrected chi connectivity index (χ3v) is 3.32. The highest BCUT2D eigenvalue weighted by atomic mass is 16.5. The zero-order chi connectivity index (χ0) is 16.3. The van der Waals surface area contributed by atoms with Crippen LogP contribution in [0.4, 0.5) is 0 Å². The molecule has 2 rings (SSSR count). The first-order valence-corrected chi connectivity index (χ1v) is 6.62. The van der Waals surface area contributed by atoms with Gasteiger partial charge in [-0.2, -0.15) is 0 Å². The number of ether oxygens (including phenoxy) is 1. The molecular formula is C15H17N3O4. The van der Waals surface area contributed by atoms with E-state index in [0.717, 1.165) is 10.1 Å². The summed E-state index contributed by atoms with van der Waals surface area (Å²) in [4.78, 5) is 35.8. The van der Waals surface area contributed by atoms with Crippen LogP contribution in [-0.2, 0) is 20.6 Å². The van der Waals surface area contributed by atoms with E-state index in [0.29, 0.717) is 5.75 Å². The lowest BCUT2D eigenvalue weighted by Gasteiger charge is -2.10. The molecule has 0 radical (unpaired) electrons. The third kappa shape index (κ3) is 2.93. The number of benzene rings is 1. The van der Waals surface area contributed by atoms with Crippen molar-refractivity contribution < 1.29 is 9.53 Å². The maximum atomic E-state index is 12.2. The summed E-state index contributed by atoms with van der Waals surface area (Å²) in [5, 5.41) is 2.66. The van der Waals surface area contributed by atoms with Gasteiger partial charge in [-0.3, -0.25) is 14.2 Å². The van der Waals surface area contributed by atoms with Crippen molar-refractivity contribution >= 4 is 5.91 Å². The number of nitrogens with zero attached hydrogens (tertiary/aromatic N) is 2. The van der Waals surface area contributed by atoms with E-state index in [2.05, 4.69) is 5.32 Å². The zero-order valence-corrected chi connectivity index (χ0v) is 12.6. The van der Waals surface area contributed by atoms with E-state index in [-0.39, 0.29) is 12.1 Å². The molecule has 2 aromatic rings. The normalized spacial score (nSPS) is 10.3. The Morgan fingerprint density at radius 2 is 1.91 bits per heavy atom. The predicted octanol–water partition coefficient (Wildman–Crippen LogP) is 0.0226. The van der Waals surface area contributed by atoms with E-state index in [1.54, 1.807) is 13.2 Å². The van der Waals surface area contributed by atoms with E-state index >= 15 is 0 Å². The molecule has 116 valence electrons. The van der Waals surface area contributed by atoms with Gasteiger partial charge in [-0.25, -0.2) is 4.79 Å². The van der Waals surface area contributed by atoms with Crippen molar-refractivity contribution in [3.8, 4) is 5.75 Å². The minimum absolute atomic E-state index is 0.0838. The van der Waals surface area contributed by atoms with Crippen molar-refractivity contribution in [1.82, 2.24) is 14.5 Å². The smallest absolute Gasteiger partial charge is 0.330 e. The molecule has 0 unspecified atom stereocenters. The Morgan fingerprint density at radius 1 is 1.23 bits per heavy atom. The molecule has 1 heterocycles. The summed E-state index contributed by atoms with van der Waals surface area (Å²) in [5.41, 5.74) is -0.397. The minimum Gasteiger partial charge on any atom is -0.496 e. The number of amides is 1. The fourth-order valence-electron chi connectivity index (χ4n) is 2.08. The number of methoxy groups -OCH3 is 1. The first-order chi connectivity index (χ1) is 10.5. The molecule has 7 nitrogen and oxygen atoms in total. The molecule has 0 fully saturated rings. The highest BCUT2D eigenvalue weighted by Crippen LogP contribution is 2.16. The summed E-state index contributed by atoms with van der Waals surface area (Å²) in [7, 11) is 4.36. The molecule has 0 atom stereocenters. The van der Waals surface area contributed by atoms with Crippen LogP contribution in [0.15, 0.2) is 40.1 Å². The number of nitrogens with one attached hydrogen (secondary N) is 1. The average molecular weight is 303 g/mol. The van der Waals surface area contributed by atoms with Crippen LogP contribution in [-0.4, -0.2) is 22.2 Å². The molecular weight excluding hydrogens is 286 g/mol. The molecule has 0 saturated heterocycles. The highest BCUT2D eigenvalue weighted by Gasteiger charge is 2.14. The predicted molar refractivity (Wildman–Crippen MR) is 81.1 cm³/mol. The van der Waals surface area contributed by atoms with Crippen LogP contribution in [0, 0.1) is 0 Å². The number of hydrogen-bond acceptors (Lipinski definition) is 4. The van der Waals surface area contributed by atoms with Gasteiger partial charge in [-0.1, -0.05) is 18.2 Å². The topological polar surface area (TPSA) is 82.3 Å². The van der Waals surface area contributed by atoms with E-state index in [9.17, 15) is 14.4 Å². The maximum Gasteiger partial charge on any atom is 0.330 e. The maximum absolute atomic E-state index is 12.2. The Labute approximate surface area is 126 Å². The zero-order valence-electron chi connectivity index (χ0n) is 12.6. The summed E-state index contributed by atoms with van der Waals surface area (Å²) in [6.07, 6.45) is 1.24. The second kappa shape index (κ2) is 6.30. The molecule has 1 aromatic carbocycles. The number of carbonyl (C=O) groups is 1. The van der Waals surface area contributed by atoms with Gasteiger partial charge >= 0.3 is 5.69 Å². The van der Waals surface area contributed by atoms with Gasteiger partial charge in [-0.15, -0.1) is 0 Å². The largest absolute Gasteiger partial charge is 0.496 e. The molecule has 0 spiro atoms. The molecule has 0 aliphatic carbocycles. The van der Waals surface area contributed by atoms with Gasteiger partial charge in [0.1, 0.15) is 11.3 Å². The minimum atomic E-state index is -0.624. The third-order valence-electron chi connectivity index (χ3n) is 3.32. The van der Waals surface area contributed by atoms with E-state index in [4.69, 9.17) is 4.74 Å². The lowest BCUT2D eigenvalue weighted by atomic mass is 10.2. The molecule has 0 saturated carbocycles. The van der Waals surface area contributed by atoms with Gasteiger partial charge in [0.25, 0.3) is 11.5 Å². The summed E-state index contributed by atoms with van der Waals surface area (Å²) >= 11 is 0. The first kappa shape index (κ1) is 15.6. The van der Waals surface area contributed by atoms with Crippen LogP contribution >= 0.6 is 0 Å². The summed E-state index contributed by atoms with van der Waals surface area (Å²) in [5.74, 6) is 0.110. The van der Waals surface area contributed by atoms with Gasteiger partial charge in [0, 0.05) is 32.4 Å². The van der Waals surface area contributed by atoms with E-state index in [1.165, 1.54) is 24.9 Å². The Hall–Kier alpha value is -2.83. The molecule has 1 aromatic heterocycles. The Balaban J connectivity index is 2.24. The highest BCUT2D eigenvalue weighted by molar-refractivity contribution is 5.93. The number of hydrogen-bond donors (Lipinski definition) is 1. The number of carbonyl (C=O) groups excluding carboxylic acids is 1. The summed E-state index contributed by atoms with van der Waals surface area (Å²) in [6.45, 7) is 0.217. The standard InChI is InChI=1S/C15H17N3O4/c1-17-9-11(14(20)18(2)15(17)21)13(19)16-8-10-6-4-5-7-12(10)22-3/h4-7,9H,8H2,1-3H3,(H,16,19). The van der Waals surface area contributed by atoms with Crippen LogP contribution in [0.1, 0.15) is 15.9 Å². The van der Waals surface area contributed by atoms with E-state index in [1.807, 2.05) is 18.2 Å². The molecule has 0 bridgehead atoms. The van der Waals surface area contributed by atoms with Gasteiger partial charge in [0.15, 0.2) is 0 Å². The summed E-state index contributed by atoms with van der Waals surface area (Å²) in [6, 6.07) is 7.26. The Kier molecular flexibility index (Phi) is 4.45. The number of rotatable bonds is 4. The van der Waals surface area contributed by atoms with Crippen LogP contribution in [0.5, 0.6) is 5.75 Å². The average Bonchev–Trinajstić information content (AvgIpc) is 2.54. The molecule has 0 aliphatic rings. The Morgan fingerprint density at radius 3 is 2.59 bits per heavy atom. The SMILES string of the molecule is COc1ccccc1CNC(=O)c1cn(C)c(=O)n(C)c1=O. The van der Waals surface area contributed by atoms with Crippen molar-refractivity contribution in [2.75, 3.05) is 7.11 Å². The Bertz CT molecular complexity index is 820. The quantitative estimate of drug-likeness (QED) is 0.863. The van der Waals surface area contributed by atoms with E-state index < -0.39 is 17.2 Å². The lowest BCUT2D eigenvalue weighted by Crippen LogP contribution is -2.41. The van der Waals surface area contributed by atoms with Crippen LogP contribution in [0.2, 0.25) is 0 Å². The molecule has 7 heteroatoms. The van der Waals surface area contributed by atoms with Crippen LogP contribution < -0.4 is 21.3 Å². The number of aromatic nitrogens is 2. The molecule has 22 heavy (non-hydrogen) atoms. The van der Waals surface area contributed by atoms with Crippen molar-refractivity contribution in [1.29, 1.82) is 0 Å². The second-order valence-electron chi connectivity index (χ2n) is 4.79. The van der Waals surface area contributed by atoms with Gasteiger partial charge in [0.05, 0.1) is 7.11 Å². The van der Waals surface area contributed by atoms with Gasteiger partial charge < -0.3 is 14.6 Å². The number of aryl methyl sites for hydroxylation is 1. The lowest BCUT2D eigenvalue weighted by molar-refractivity contribution is 0.0947. The fraction of sp³-hybridized carbons (Fsp3) is 0.267.